The lowest BCUT2D eigenvalue weighted by Gasteiger charge is -2.16. The SMILES string of the molecule is CCc1cc(NC(C)CC(C)O)nc(C)n1. The average Bonchev–Trinajstić information content (AvgIpc) is 2.14. The Balaban J connectivity index is 2.69. The molecule has 1 rings (SSSR count). The van der Waals surface area contributed by atoms with E-state index in [1.807, 2.05) is 19.9 Å². The number of aliphatic hydroxyl groups is 1. The molecule has 1 heterocycles. The van der Waals surface area contributed by atoms with Crippen LogP contribution >= 0.6 is 0 Å². The Morgan fingerprint density at radius 3 is 2.62 bits per heavy atom. The number of rotatable bonds is 5. The van der Waals surface area contributed by atoms with Gasteiger partial charge in [0.2, 0.25) is 0 Å². The van der Waals surface area contributed by atoms with Crippen molar-refractivity contribution in [2.24, 2.45) is 0 Å². The molecule has 4 heteroatoms. The van der Waals surface area contributed by atoms with Crippen molar-refractivity contribution in [2.75, 3.05) is 5.32 Å². The van der Waals surface area contributed by atoms with Crippen molar-refractivity contribution in [2.45, 2.75) is 52.7 Å². The van der Waals surface area contributed by atoms with Gasteiger partial charge in [0, 0.05) is 17.8 Å². The molecule has 0 spiro atoms. The molecular weight excluding hydrogens is 202 g/mol. The van der Waals surface area contributed by atoms with Crippen LogP contribution in [0.25, 0.3) is 0 Å². The van der Waals surface area contributed by atoms with E-state index < -0.39 is 0 Å². The van der Waals surface area contributed by atoms with E-state index in [4.69, 9.17) is 0 Å². The molecule has 0 aromatic carbocycles. The van der Waals surface area contributed by atoms with Crippen LogP contribution in [-0.4, -0.2) is 27.2 Å². The minimum atomic E-state index is -0.295. The van der Waals surface area contributed by atoms with Gasteiger partial charge in [-0.25, -0.2) is 9.97 Å². The summed E-state index contributed by atoms with van der Waals surface area (Å²) in [4.78, 5) is 8.65. The summed E-state index contributed by atoms with van der Waals surface area (Å²) in [6.45, 7) is 7.80. The normalized spacial score (nSPS) is 14.6. The van der Waals surface area contributed by atoms with Crippen LogP contribution in [0.5, 0.6) is 0 Å². The molecule has 0 saturated heterocycles. The molecule has 16 heavy (non-hydrogen) atoms. The maximum atomic E-state index is 9.28. The van der Waals surface area contributed by atoms with Gasteiger partial charge in [-0.1, -0.05) is 6.92 Å². The van der Waals surface area contributed by atoms with Crippen LogP contribution in [-0.2, 0) is 6.42 Å². The highest BCUT2D eigenvalue weighted by atomic mass is 16.3. The lowest BCUT2D eigenvalue weighted by molar-refractivity contribution is 0.179. The third-order valence-electron chi connectivity index (χ3n) is 2.34. The number of aliphatic hydroxyl groups excluding tert-OH is 1. The fourth-order valence-corrected chi connectivity index (χ4v) is 1.71. The highest BCUT2D eigenvalue weighted by molar-refractivity contribution is 5.37. The zero-order valence-corrected chi connectivity index (χ0v) is 10.5. The molecule has 4 nitrogen and oxygen atoms in total. The van der Waals surface area contributed by atoms with E-state index in [1.165, 1.54) is 0 Å². The summed E-state index contributed by atoms with van der Waals surface area (Å²) < 4.78 is 0. The van der Waals surface area contributed by atoms with Crippen LogP contribution < -0.4 is 5.32 Å². The summed E-state index contributed by atoms with van der Waals surface area (Å²) in [6, 6.07) is 2.17. The standard InChI is InChI=1S/C12H21N3O/c1-5-11-7-12(15-10(4)14-11)13-8(2)6-9(3)16/h7-9,16H,5-6H2,1-4H3,(H,13,14,15). The van der Waals surface area contributed by atoms with E-state index in [-0.39, 0.29) is 12.1 Å². The van der Waals surface area contributed by atoms with Gasteiger partial charge in [0.15, 0.2) is 0 Å². The van der Waals surface area contributed by atoms with Crippen molar-refractivity contribution in [1.29, 1.82) is 0 Å². The van der Waals surface area contributed by atoms with Crippen molar-refractivity contribution in [3.63, 3.8) is 0 Å². The monoisotopic (exact) mass is 223 g/mol. The molecule has 0 aliphatic rings. The van der Waals surface area contributed by atoms with Gasteiger partial charge >= 0.3 is 0 Å². The molecule has 1 aromatic heterocycles. The van der Waals surface area contributed by atoms with Gasteiger partial charge in [-0.05, 0) is 33.6 Å². The van der Waals surface area contributed by atoms with Gasteiger partial charge < -0.3 is 10.4 Å². The predicted octanol–water partition coefficient (Wildman–Crippen LogP) is 1.92. The van der Waals surface area contributed by atoms with Crippen molar-refractivity contribution in [3.8, 4) is 0 Å². The number of aryl methyl sites for hydroxylation is 2. The maximum Gasteiger partial charge on any atom is 0.130 e. The smallest absolute Gasteiger partial charge is 0.130 e. The van der Waals surface area contributed by atoms with Crippen LogP contribution in [0.4, 0.5) is 5.82 Å². The predicted molar refractivity (Wildman–Crippen MR) is 65.5 cm³/mol. The Morgan fingerprint density at radius 2 is 2.06 bits per heavy atom. The third-order valence-corrected chi connectivity index (χ3v) is 2.34. The molecule has 0 aliphatic heterocycles. The van der Waals surface area contributed by atoms with Crippen molar-refractivity contribution in [3.05, 3.63) is 17.6 Å². The minimum Gasteiger partial charge on any atom is -0.393 e. The van der Waals surface area contributed by atoms with Gasteiger partial charge in [-0.3, -0.25) is 0 Å². The second-order valence-corrected chi connectivity index (χ2v) is 4.28. The quantitative estimate of drug-likeness (QED) is 0.800. The van der Waals surface area contributed by atoms with Crippen molar-refractivity contribution in [1.82, 2.24) is 9.97 Å². The molecule has 2 atom stereocenters. The first kappa shape index (κ1) is 12.9. The van der Waals surface area contributed by atoms with E-state index in [1.54, 1.807) is 6.92 Å². The minimum absolute atomic E-state index is 0.207. The van der Waals surface area contributed by atoms with E-state index in [9.17, 15) is 5.11 Å². The van der Waals surface area contributed by atoms with Gasteiger partial charge in [-0.2, -0.15) is 0 Å². The molecule has 1 aromatic rings. The molecule has 0 saturated carbocycles. The molecule has 0 fully saturated rings. The maximum absolute atomic E-state index is 9.28. The third kappa shape index (κ3) is 4.14. The number of hydrogen-bond acceptors (Lipinski definition) is 4. The molecule has 2 unspecified atom stereocenters. The Kier molecular flexibility index (Phi) is 4.68. The van der Waals surface area contributed by atoms with Crippen molar-refractivity contribution < 1.29 is 5.11 Å². The summed E-state index contributed by atoms with van der Waals surface area (Å²) in [5.74, 6) is 1.63. The molecule has 90 valence electrons. The summed E-state index contributed by atoms with van der Waals surface area (Å²) >= 11 is 0. The first-order chi connectivity index (χ1) is 7.51. The molecule has 0 bridgehead atoms. The topological polar surface area (TPSA) is 58.0 Å². The Hall–Kier alpha value is -1.16. The number of nitrogens with one attached hydrogen (secondary N) is 1. The first-order valence-corrected chi connectivity index (χ1v) is 5.80. The van der Waals surface area contributed by atoms with Gasteiger partial charge in [0.1, 0.15) is 11.6 Å². The zero-order chi connectivity index (χ0) is 12.1. The number of hydrogen-bond donors (Lipinski definition) is 2. The van der Waals surface area contributed by atoms with Gasteiger partial charge in [0.05, 0.1) is 6.10 Å². The van der Waals surface area contributed by atoms with Crippen LogP contribution in [0.2, 0.25) is 0 Å². The summed E-state index contributed by atoms with van der Waals surface area (Å²) in [7, 11) is 0. The van der Waals surface area contributed by atoms with Gasteiger partial charge in [0.25, 0.3) is 0 Å². The van der Waals surface area contributed by atoms with Gasteiger partial charge in [-0.15, -0.1) is 0 Å². The lowest BCUT2D eigenvalue weighted by Crippen LogP contribution is -2.21. The number of aromatic nitrogens is 2. The number of nitrogens with zero attached hydrogens (tertiary/aromatic N) is 2. The van der Waals surface area contributed by atoms with E-state index in [0.29, 0.717) is 6.42 Å². The Bertz CT molecular complexity index is 339. The Labute approximate surface area is 97.1 Å². The first-order valence-electron chi connectivity index (χ1n) is 5.80. The highest BCUT2D eigenvalue weighted by Crippen LogP contribution is 2.10. The fourth-order valence-electron chi connectivity index (χ4n) is 1.71. The molecule has 2 N–H and O–H groups in total. The number of anilines is 1. The molecule has 0 amide bonds. The van der Waals surface area contributed by atoms with Crippen molar-refractivity contribution >= 4 is 5.82 Å². The molecule has 0 radical (unpaired) electrons. The largest absolute Gasteiger partial charge is 0.393 e. The Morgan fingerprint density at radius 1 is 1.38 bits per heavy atom. The zero-order valence-electron chi connectivity index (χ0n) is 10.5. The van der Waals surface area contributed by atoms with Crippen LogP contribution in [0, 0.1) is 6.92 Å². The van der Waals surface area contributed by atoms with Crippen LogP contribution in [0.1, 0.15) is 38.7 Å². The summed E-state index contributed by atoms with van der Waals surface area (Å²) in [5, 5.41) is 12.6. The second-order valence-electron chi connectivity index (χ2n) is 4.28. The van der Waals surface area contributed by atoms with Crippen LogP contribution in [0.3, 0.4) is 0 Å². The summed E-state index contributed by atoms with van der Waals surface area (Å²) in [5.41, 5.74) is 1.04. The van der Waals surface area contributed by atoms with E-state index >= 15 is 0 Å². The van der Waals surface area contributed by atoms with E-state index in [0.717, 1.165) is 23.8 Å². The lowest BCUT2D eigenvalue weighted by atomic mass is 10.1. The highest BCUT2D eigenvalue weighted by Gasteiger charge is 2.07. The summed E-state index contributed by atoms with van der Waals surface area (Å²) in [6.07, 6.45) is 1.32. The van der Waals surface area contributed by atoms with E-state index in [2.05, 4.69) is 22.2 Å². The average molecular weight is 223 g/mol. The molecule has 0 aliphatic carbocycles. The molecular formula is C12H21N3O. The fraction of sp³-hybridized carbons (Fsp3) is 0.667. The second kappa shape index (κ2) is 5.80. The van der Waals surface area contributed by atoms with Crippen LogP contribution in [0.15, 0.2) is 6.07 Å².